The number of aromatic nitrogens is 1. The minimum absolute atomic E-state index is 0.0825. The Bertz CT molecular complexity index is 832. The number of nitrogens with zero attached hydrogens (tertiary/aromatic N) is 2. The van der Waals surface area contributed by atoms with E-state index in [1.165, 1.54) is 75.5 Å². The molecule has 158 valence electrons. The van der Waals surface area contributed by atoms with Crippen molar-refractivity contribution in [1.29, 1.82) is 0 Å². The summed E-state index contributed by atoms with van der Waals surface area (Å²) in [6.07, 6.45) is 13.9. The van der Waals surface area contributed by atoms with Gasteiger partial charge in [0.2, 0.25) is 5.90 Å². The first-order chi connectivity index (χ1) is 14.9. The first kappa shape index (κ1) is 19.8. The third-order valence-corrected chi connectivity index (χ3v) is 7.48. The highest BCUT2D eigenvalue weighted by molar-refractivity contribution is 5.93. The summed E-state index contributed by atoms with van der Waals surface area (Å²) in [4.78, 5) is 10.1. The van der Waals surface area contributed by atoms with Crippen LogP contribution >= 0.6 is 0 Å². The van der Waals surface area contributed by atoms with Crippen LogP contribution in [-0.2, 0) is 4.74 Å². The summed E-state index contributed by atoms with van der Waals surface area (Å²) < 4.78 is 6.02. The zero-order valence-electron chi connectivity index (χ0n) is 18.0. The fourth-order valence-corrected chi connectivity index (χ4v) is 5.97. The molecule has 30 heavy (non-hydrogen) atoms. The first-order valence-electron chi connectivity index (χ1n) is 12.1. The Labute approximate surface area is 181 Å². The lowest BCUT2D eigenvalue weighted by molar-refractivity contribution is 0.199. The average Bonchev–Trinajstić information content (AvgIpc) is 3.32. The molecule has 2 aromatic rings. The molecular weight excluding hydrogens is 368 g/mol. The van der Waals surface area contributed by atoms with Gasteiger partial charge in [-0.1, -0.05) is 74.9 Å². The van der Waals surface area contributed by atoms with E-state index >= 15 is 0 Å². The van der Waals surface area contributed by atoms with E-state index in [0.29, 0.717) is 12.5 Å². The van der Waals surface area contributed by atoms with Crippen LogP contribution in [0.3, 0.4) is 0 Å². The summed E-state index contributed by atoms with van der Waals surface area (Å²) in [6.45, 7) is 0.611. The van der Waals surface area contributed by atoms with Gasteiger partial charge < -0.3 is 4.74 Å². The van der Waals surface area contributed by atoms with E-state index in [2.05, 4.69) is 42.5 Å². The van der Waals surface area contributed by atoms with Crippen molar-refractivity contribution < 1.29 is 4.74 Å². The normalized spacial score (nSPS) is 23.4. The Morgan fingerprint density at radius 3 is 2.07 bits per heavy atom. The molecule has 2 aliphatic carbocycles. The predicted octanol–water partition coefficient (Wildman–Crippen LogP) is 6.84. The molecule has 1 aliphatic heterocycles. The third-order valence-electron chi connectivity index (χ3n) is 7.48. The maximum Gasteiger partial charge on any atom is 0.236 e. The molecule has 5 rings (SSSR count). The van der Waals surface area contributed by atoms with Crippen LogP contribution in [0.4, 0.5) is 0 Å². The molecule has 3 aliphatic rings. The largest absolute Gasteiger partial charge is 0.474 e. The highest BCUT2D eigenvalue weighted by atomic mass is 16.5. The molecule has 3 heteroatoms. The van der Waals surface area contributed by atoms with E-state index in [1.54, 1.807) is 0 Å². The van der Waals surface area contributed by atoms with Gasteiger partial charge in [0.1, 0.15) is 18.3 Å². The zero-order valence-corrected chi connectivity index (χ0v) is 18.0. The van der Waals surface area contributed by atoms with Crippen LogP contribution in [-0.4, -0.2) is 17.5 Å². The van der Waals surface area contributed by atoms with Crippen molar-refractivity contribution >= 4 is 5.90 Å². The number of rotatable bonds is 5. The van der Waals surface area contributed by atoms with Crippen LogP contribution in [0.15, 0.2) is 53.5 Å². The number of hydrogen-bond donors (Lipinski definition) is 0. The average molecular weight is 403 g/mol. The Morgan fingerprint density at radius 2 is 1.40 bits per heavy atom. The molecule has 2 fully saturated rings. The zero-order chi connectivity index (χ0) is 20.2. The van der Waals surface area contributed by atoms with Gasteiger partial charge in [-0.3, -0.25) is 0 Å². The summed E-state index contributed by atoms with van der Waals surface area (Å²) in [5, 5.41) is 0. The molecule has 0 bridgehead atoms. The van der Waals surface area contributed by atoms with Crippen LogP contribution in [0, 0.1) is 11.8 Å². The van der Waals surface area contributed by atoms with Gasteiger partial charge in [-0.15, -0.1) is 0 Å². The van der Waals surface area contributed by atoms with E-state index in [4.69, 9.17) is 14.7 Å². The molecule has 1 atom stereocenters. The number of aliphatic imine (C=N–C) groups is 1. The smallest absolute Gasteiger partial charge is 0.236 e. The van der Waals surface area contributed by atoms with Crippen LogP contribution in [0.5, 0.6) is 0 Å². The molecule has 0 saturated heterocycles. The standard InChI is InChI=1S/C27H34N2O/c1-4-11-20(12-5-1)25-19-30-27(29-25)24-18-10-17-23(28-24)26(21-13-6-2-7-14-21)22-15-8-3-9-16-22/h1,4-5,10-12,17-18,21-22,25-26H,2-3,6-9,13-16,19H2. The van der Waals surface area contributed by atoms with Gasteiger partial charge in [0, 0.05) is 11.6 Å². The van der Waals surface area contributed by atoms with E-state index in [-0.39, 0.29) is 6.04 Å². The summed E-state index contributed by atoms with van der Waals surface area (Å²) in [7, 11) is 0. The molecule has 0 spiro atoms. The highest BCUT2D eigenvalue weighted by Gasteiger charge is 2.34. The van der Waals surface area contributed by atoms with Crippen molar-refractivity contribution in [2.75, 3.05) is 6.61 Å². The monoisotopic (exact) mass is 402 g/mol. The molecule has 0 radical (unpaired) electrons. The minimum atomic E-state index is 0.0825. The number of hydrogen-bond acceptors (Lipinski definition) is 3. The summed E-state index contributed by atoms with van der Waals surface area (Å²) in [5.74, 6) is 2.93. The van der Waals surface area contributed by atoms with Gasteiger partial charge in [-0.25, -0.2) is 9.98 Å². The molecule has 0 amide bonds. The number of ether oxygens (including phenoxy) is 1. The van der Waals surface area contributed by atoms with E-state index < -0.39 is 0 Å². The van der Waals surface area contributed by atoms with E-state index in [0.717, 1.165) is 23.4 Å². The van der Waals surface area contributed by atoms with Crippen molar-refractivity contribution in [1.82, 2.24) is 4.98 Å². The lowest BCUT2D eigenvalue weighted by Gasteiger charge is -2.37. The maximum atomic E-state index is 6.02. The van der Waals surface area contributed by atoms with Gasteiger partial charge in [0.15, 0.2) is 0 Å². The Balaban J connectivity index is 1.42. The fourth-order valence-electron chi connectivity index (χ4n) is 5.97. The second-order valence-corrected chi connectivity index (χ2v) is 9.44. The van der Waals surface area contributed by atoms with Crippen LogP contribution < -0.4 is 0 Å². The van der Waals surface area contributed by atoms with Crippen LogP contribution in [0.2, 0.25) is 0 Å². The SMILES string of the molecule is c1ccc(C2COC(c3cccc(C(C4CCCCC4)C4CCCCC4)n3)=N2)cc1. The Kier molecular flexibility index (Phi) is 6.15. The third kappa shape index (κ3) is 4.31. The van der Waals surface area contributed by atoms with Gasteiger partial charge in [0.05, 0.1) is 0 Å². The minimum Gasteiger partial charge on any atom is -0.474 e. The quantitative estimate of drug-likeness (QED) is 0.548. The highest BCUT2D eigenvalue weighted by Crippen LogP contribution is 2.45. The fraction of sp³-hybridized carbons (Fsp3) is 0.556. The van der Waals surface area contributed by atoms with Crippen LogP contribution in [0.1, 0.15) is 93.1 Å². The second kappa shape index (κ2) is 9.32. The molecule has 1 aromatic heterocycles. The van der Waals surface area contributed by atoms with Gasteiger partial charge >= 0.3 is 0 Å². The van der Waals surface area contributed by atoms with Gasteiger partial charge in [-0.05, 0) is 55.2 Å². The van der Waals surface area contributed by atoms with Crippen molar-refractivity contribution in [3.05, 3.63) is 65.5 Å². The molecule has 3 nitrogen and oxygen atoms in total. The molecule has 2 heterocycles. The number of benzene rings is 1. The number of pyridine rings is 1. The van der Waals surface area contributed by atoms with E-state index in [9.17, 15) is 0 Å². The van der Waals surface area contributed by atoms with Crippen LogP contribution in [0.25, 0.3) is 0 Å². The Morgan fingerprint density at radius 1 is 0.733 bits per heavy atom. The lowest BCUT2D eigenvalue weighted by atomic mass is 9.68. The van der Waals surface area contributed by atoms with Crippen molar-refractivity contribution in [3.63, 3.8) is 0 Å². The van der Waals surface area contributed by atoms with Gasteiger partial charge in [0.25, 0.3) is 0 Å². The van der Waals surface area contributed by atoms with Crippen molar-refractivity contribution in [2.45, 2.75) is 76.2 Å². The second-order valence-electron chi connectivity index (χ2n) is 9.44. The lowest BCUT2D eigenvalue weighted by Crippen LogP contribution is -2.26. The maximum absolute atomic E-state index is 6.02. The molecule has 0 N–H and O–H groups in total. The topological polar surface area (TPSA) is 34.5 Å². The van der Waals surface area contributed by atoms with Crippen molar-refractivity contribution in [2.24, 2.45) is 16.8 Å². The molecule has 1 aromatic carbocycles. The predicted molar refractivity (Wildman–Crippen MR) is 122 cm³/mol. The van der Waals surface area contributed by atoms with E-state index in [1.807, 2.05) is 6.07 Å². The molecule has 2 saturated carbocycles. The summed E-state index contributed by atoms with van der Waals surface area (Å²) in [5.41, 5.74) is 3.43. The summed E-state index contributed by atoms with van der Waals surface area (Å²) >= 11 is 0. The molecular formula is C27H34N2O. The summed E-state index contributed by atoms with van der Waals surface area (Å²) in [6, 6.07) is 17.1. The Hall–Kier alpha value is -2.16. The van der Waals surface area contributed by atoms with Crippen molar-refractivity contribution in [3.8, 4) is 0 Å². The van der Waals surface area contributed by atoms with Gasteiger partial charge in [-0.2, -0.15) is 0 Å². The first-order valence-corrected chi connectivity index (χ1v) is 12.1. The molecule has 1 unspecified atom stereocenters.